The topological polar surface area (TPSA) is 42.0 Å². The number of hydrogen-bond acceptors (Lipinski definition) is 3. The third kappa shape index (κ3) is 1.89. The number of nitrogens with one attached hydrogen (secondary N) is 1. The van der Waals surface area contributed by atoms with Crippen LogP contribution in [0.15, 0.2) is 36.2 Å². The van der Waals surface area contributed by atoms with E-state index in [-0.39, 0.29) is 11.2 Å². The molecule has 0 radical (unpaired) electrons. The highest BCUT2D eigenvalue weighted by molar-refractivity contribution is 8.01. The van der Waals surface area contributed by atoms with E-state index >= 15 is 0 Å². The lowest BCUT2D eigenvalue weighted by molar-refractivity contribution is -0.119. The molecule has 17 heavy (non-hydrogen) atoms. The molecule has 0 aromatic carbocycles. The van der Waals surface area contributed by atoms with Crippen molar-refractivity contribution in [3.8, 4) is 0 Å². The highest BCUT2D eigenvalue weighted by atomic mass is 32.2. The zero-order valence-corrected chi connectivity index (χ0v) is 10.1. The highest BCUT2D eigenvalue weighted by Crippen LogP contribution is 2.33. The van der Waals surface area contributed by atoms with E-state index in [2.05, 4.69) is 23.0 Å². The van der Waals surface area contributed by atoms with Crippen LogP contribution in [0.5, 0.6) is 0 Å². The van der Waals surface area contributed by atoms with Gasteiger partial charge >= 0.3 is 0 Å². The fourth-order valence-electron chi connectivity index (χ4n) is 2.15. The Kier molecular flexibility index (Phi) is 2.52. The number of amides is 1. The van der Waals surface area contributed by atoms with Gasteiger partial charge in [0.05, 0.1) is 5.69 Å². The minimum absolute atomic E-state index is 0.0466. The van der Waals surface area contributed by atoms with Crippen molar-refractivity contribution in [3.05, 3.63) is 47.4 Å². The molecule has 4 heteroatoms. The SMILES string of the molecule is C=C1CSC(C2=Cc3cccnc3C2)C(=O)N1. The van der Waals surface area contributed by atoms with Gasteiger partial charge in [0.25, 0.3) is 0 Å². The Hall–Kier alpha value is -1.55. The maximum Gasteiger partial charge on any atom is 0.241 e. The molecule has 0 spiro atoms. The predicted molar refractivity (Wildman–Crippen MR) is 69.4 cm³/mol. The molecule has 86 valence electrons. The second kappa shape index (κ2) is 4.04. The molecule has 1 aliphatic carbocycles. The number of nitrogens with zero attached hydrogens (tertiary/aromatic N) is 1. The van der Waals surface area contributed by atoms with Crippen LogP contribution in [0, 0.1) is 0 Å². The quantitative estimate of drug-likeness (QED) is 0.818. The summed E-state index contributed by atoms with van der Waals surface area (Å²) < 4.78 is 0. The van der Waals surface area contributed by atoms with Gasteiger partial charge in [-0.3, -0.25) is 9.78 Å². The Bertz CT molecular complexity index is 536. The largest absolute Gasteiger partial charge is 0.328 e. The van der Waals surface area contributed by atoms with Crippen molar-refractivity contribution in [2.45, 2.75) is 11.7 Å². The van der Waals surface area contributed by atoms with Gasteiger partial charge in [-0.25, -0.2) is 0 Å². The van der Waals surface area contributed by atoms with Gasteiger partial charge in [-0.2, -0.15) is 0 Å². The molecule has 1 aromatic heterocycles. The highest BCUT2D eigenvalue weighted by Gasteiger charge is 2.30. The van der Waals surface area contributed by atoms with Crippen LogP contribution in [0.25, 0.3) is 6.08 Å². The first-order valence-corrected chi connectivity index (χ1v) is 6.53. The Morgan fingerprint density at radius 1 is 1.53 bits per heavy atom. The summed E-state index contributed by atoms with van der Waals surface area (Å²) in [5.41, 5.74) is 4.15. The minimum Gasteiger partial charge on any atom is -0.328 e. The number of hydrogen-bond donors (Lipinski definition) is 1. The first-order valence-electron chi connectivity index (χ1n) is 5.48. The van der Waals surface area contributed by atoms with Crippen molar-refractivity contribution in [1.29, 1.82) is 0 Å². The molecule has 1 aromatic rings. The fourth-order valence-corrected chi connectivity index (χ4v) is 3.17. The van der Waals surface area contributed by atoms with Crippen LogP contribution in [-0.2, 0) is 11.2 Å². The molecule has 3 nitrogen and oxygen atoms in total. The van der Waals surface area contributed by atoms with Crippen molar-refractivity contribution in [2.24, 2.45) is 0 Å². The molecule has 1 N–H and O–H groups in total. The first-order chi connectivity index (χ1) is 8.24. The lowest BCUT2D eigenvalue weighted by Crippen LogP contribution is -2.38. The average Bonchev–Trinajstić information content (AvgIpc) is 2.72. The van der Waals surface area contributed by atoms with E-state index in [1.165, 1.54) is 0 Å². The van der Waals surface area contributed by atoms with E-state index in [1.807, 2.05) is 12.1 Å². The third-order valence-electron chi connectivity index (χ3n) is 2.94. The van der Waals surface area contributed by atoms with Crippen LogP contribution in [0.3, 0.4) is 0 Å². The summed E-state index contributed by atoms with van der Waals surface area (Å²) in [4.78, 5) is 16.2. The van der Waals surface area contributed by atoms with Crippen LogP contribution in [-0.4, -0.2) is 21.9 Å². The Morgan fingerprint density at radius 3 is 3.18 bits per heavy atom. The molecule has 1 saturated heterocycles. The van der Waals surface area contributed by atoms with Crippen LogP contribution >= 0.6 is 11.8 Å². The first kappa shape index (κ1) is 10.6. The van der Waals surface area contributed by atoms with Gasteiger partial charge in [-0.15, -0.1) is 11.8 Å². The molecule has 1 atom stereocenters. The second-order valence-corrected chi connectivity index (χ2v) is 5.31. The lowest BCUT2D eigenvalue weighted by atomic mass is 10.1. The molecule has 1 aliphatic heterocycles. The van der Waals surface area contributed by atoms with E-state index in [9.17, 15) is 4.79 Å². The monoisotopic (exact) mass is 244 g/mol. The van der Waals surface area contributed by atoms with Gasteiger partial charge in [-0.05, 0) is 17.2 Å². The van der Waals surface area contributed by atoms with Gasteiger partial charge in [0.15, 0.2) is 0 Å². The maximum absolute atomic E-state index is 11.9. The summed E-state index contributed by atoms with van der Waals surface area (Å²) in [6.07, 6.45) is 4.67. The summed E-state index contributed by atoms with van der Waals surface area (Å²) in [5, 5.41) is 2.73. The zero-order chi connectivity index (χ0) is 11.8. The second-order valence-electron chi connectivity index (χ2n) is 4.22. The zero-order valence-electron chi connectivity index (χ0n) is 9.27. The molecule has 1 fully saturated rings. The fraction of sp³-hybridized carbons (Fsp3) is 0.231. The number of thioether (sulfide) groups is 1. The summed E-state index contributed by atoms with van der Waals surface area (Å²) in [7, 11) is 0. The molecule has 2 aliphatic rings. The summed E-state index contributed by atoms with van der Waals surface area (Å²) in [6, 6.07) is 3.97. The minimum atomic E-state index is -0.0882. The van der Waals surface area contributed by atoms with Crippen LogP contribution in [0.1, 0.15) is 11.3 Å². The van der Waals surface area contributed by atoms with Crippen LogP contribution < -0.4 is 5.32 Å². The van der Waals surface area contributed by atoms with E-state index in [0.717, 1.165) is 34.7 Å². The van der Waals surface area contributed by atoms with Crippen molar-refractivity contribution in [1.82, 2.24) is 10.3 Å². The number of fused-ring (bicyclic) bond motifs is 1. The summed E-state index contributed by atoms with van der Waals surface area (Å²) >= 11 is 1.64. The normalized spacial score (nSPS) is 23.1. The number of carbonyl (C=O) groups is 1. The predicted octanol–water partition coefficient (Wildman–Crippen LogP) is 1.77. The number of rotatable bonds is 1. The van der Waals surface area contributed by atoms with Gasteiger partial charge in [0, 0.05) is 24.1 Å². The Morgan fingerprint density at radius 2 is 2.41 bits per heavy atom. The molecule has 1 unspecified atom stereocenters. The summed E-state index contributed by atoms with van der Waals surface area (Å²) in [5.74, 6) is 0.836. The lowest BCUT2D eigenvalue weighted by Gasteiger charge is -2.23. The molecule has 0 bridgehead atoms. The van der Waals surface area contributed by atoms with Crippen LogP contribution in [0.2, 0.25) is 0 Å². The molecule has 2 heterocycles. The van der Waals surface area contributed by atoms with E-state index in [1.54, 1.807) is 18.0 Å². The van der Waals surface area contributed by atoms with E-state index in [4.69, 9.17) is 0 Å². The average molecular weight is 244 g/mol. The van der Waals surface area contributed by atoms with Gasteiger partial charge < -0.3 is 5.32 Å². The van der Waals surface area contributed by atoms with Crippen molar-refractivity contribution < 1.29 is 4.79 Å². The molecular weight excluding hydrogens is 232 g/mol. The van der Waals surface area contributed by atoms with Gasteiger partial charge in [0.1, 0.15) is 5.25 Å². The maximum atomic E-state index is 11.9. The number of carbonyl (C=O) groups excluding carboxylic acids is 1. The molecular formula is C13H12N2OS. The number of aromatic nitrogens is 1. The van der Waals surface area contributed by atoms with Crippen molar-refractivity contribution in [3.63, 3.8) is 0 Å². The smallest absolute Gasteiger partial charge is 0.241 e. The van der Waals surface area contributed by atoms with Gasteiger partial charge in [-0.1, -0.05) is 18.7 Å². The Balaban J connectivity index is 1.84. The molecule has 0 saturated carbocycles. The molecule has 3 rings (SSSR count). The van der Waals surface area contributed by atoms with E-state index in [0.29, 0.717) is 0 Å². The molecule has 1 amide bonds. The number of pyridine rings is 1. The van der Waals surface area contributed by atoms with Gasteiger partial charge in [0.2, 0.25) is 5.91 Å². The van der Waals surface area contributed by atoms with E-state index < -0.39 is 0 Å². The summed E-state index contributed by atoms with van der Waals surface area (Å²) in [6.45, 7) is 3.78. The Labute approximate surface area is 104 Å². The van der Waals surface area contributed by atoms with Crippen molar-refractivity contribution in [2.75, 3.05) is 5.75 Å². The standard InChI is InChI=1S/C13H12N2OS/c1-8-7-17-12(13(16)15-8)10-5-9-3-2-4-14-11(9)6-10/h2-5,12H,1,6-7H2,(H,15,16). The van der Waals surface area contributed by atoms with Crippen molar-refractivity contribution >= 4 is 23.7 Å². The van der Waals surface area contributed by atoms with Crippen LogP contribution in [0.4, 0.5) is 0 Å². The third-order valence-corrected chi connectivity index (χ3v) is 4.30.